The van der Waals surface area contributed by atoms with Gasteiger partial charge in [0.05, 0.1) is 18.3 Å². The molecule has 1 saturated carbocycles. The van der Waals surface area contributed by atoms with E-state index in [0.717, 1.165) is 29.4 Å². The molecule has 3 N–H and O–H groups in total. The van der Waals surface area contributed by atoms with Crippen molar-refractivity contribution in [3.63, 3.8) is 0 Å². The van der Waals surface area contributed by atoms with Gasteiger partial charge in [0.1, 0.15) is 10.8 Å². The molecule has 20 heavy (non-hydrogen) atoms. The minimum Gasteiger partial charge on any atom is -0.393 e. The molecule has 0 saturated heterocycles. The molecule has 1 fully saturated rings. The van der Waals surface area contributed by atoms with E-state index in [1.54, 1.807) is 17.5 Å². The van der Waals surface area contributed by atoms with Crippen LogP contribution in [-0.4, -0.2) is 33.2 Å². The number of thiazole rings is 1. The van der Waals surface area contributed by atoms with Gasteiger partial charge < -0.3 is 15.7 Å². The van der Waals surface area contributed by atoms with Crippen LogP contribution in [0.3, 0.4) is 0 Å². The molecule has 0 radical (unpaired) electrons. The van der Waals surface area contributed by atoms with Gasteiger partial charge >= 0.3 is 0 Å². The van der Waals surface area contributed by atoms with Crippen LogP contribution in [0.15, 0.2) is 17.6 Å². The normalized spacial score (nSPS) is 21.5. The first-order chi connectivity index (χ1) is 9.61. The van der Waals surface area contributed by atoms with Crippen LogP contribution in [0.2, 0.25) is 0 Å². The summed E-state index contributed by atoms with van der Waals surface area (Å²) in [6, 6.07) is 1.96. The third-order valence-corrected chi connectivity index (χ3v) is 4.29. The zero-order valence-electron chi connectivity index (χ0n) is 11.2. The maximum absolute atomic E-state index is 9.41. The first-order valence-corrected chi connectivity index (χ1v) is 7.42. The summed E-state index contributed by atoms with van der Waals surface area (Å²) in [5, 5.41) is 12.4. The number of hydrogen-bond acceptors (Lipinski definition) is 7. The van der Waals surface area contributed by atoms with Gasteiger partial charge in [-0.15, -0.1) is 11.3 Å². The Morgan fingerprint density at radius 1 is 1.45 bits per heavy atom. The Morgan fingerprint density at radius 3 is 2.90 bits per heavy atom. The molecule has 7 heteroatoms. The van der Waals surface area contributed by atoms with Crippen LogP contribution >= 0.6 is 11.3 Å². The van der Waals surface area contributed by atoms with Crippen molar-refractivity contribution in [2.45, 2.75) is 31.4 Å². The lowest BCUT2D eigenvalue weighted by atomic mass is 9.80. The van der Waals surface area contributed by atoms with Gasteiger partial charge in [0.15, 0.2) is 0 Å². The second kappa shape index (κ2) is 5.34. The molecule has 106 valence electrons. The Kier molecular flexibility index (Phi) is 3.54. The molecule has 3 rings (SSSR count). The highest BCUT2D eigenvalue weighted by Gasteiger charge is 2.30. The maximum atomic E-state index is 9.41. The first kappa shape index (κ1) is 13.3. The fourth-order valence-electron chi connectivity index (χ4n) is 2.32. The second-order valence-electron chi connectivity index (χ2n) is 5.11. The lowest BCUT2D eigenvalue weighted by Gasteiger charge is -2.31. The van der Waals surface area contributed by atoms with Gasteiger partial charge in [-0.2, -0.15) is 4.98 Å². The molecule has 1 aliphatic rings. The minimum atomic E-state index is -0.201. The summed E-state index contributed by atoms with van der Waals surface area (Å²) >= 11 is 1.62. The average molecular weight is 291 g/mol. The highest BCUT2D eigenvalue weighted by molar-refractivity contribution is 7.09. The van der Waals surface area contributed by atoms with E-state index in [1.165, 1.54) is 0 Å². The highest BCUT2D eigenvalue weighted by Crippen LogP contribution is 2.36. The Balaban J connectivity index is 1.78. The second-order valence-corrected chi connectivity index (χ2v) is 6.09. The Hall–Kier alpha value is -1.73. The molecular formula is C13H17N5OS. The van der Waals surface area contributed by atoms with Crippen molar-refractivity contribution in [1.82, 2.24) is 15.0 Å². The summed E-state index contributed by atoms with van der Waals surface area (Å²) < 4.78 is 0. The molecule has 0 aliphatic heterocycles. The minimum absolute atomic E-state index is 0.201. The number of aliphatic hydroxyl groups excluding tert-OH is 1. The van der Waals surface area contributed by atoms with Gasteiger partial charge in [-0.3, -0.25) is 0 Å². The number of nitrogens with zero attached hydrogens (tertiary/aromatic N) is 4. The Morgan fingerprint density at radius 2 is 2.25 bits per heavy atom. The summed E-state index contributed by atoms with van der Waals surface area (Å²) in [4.78, 5) is 14.8. The highest BCUT2D eigenvalue weighted by atomic mass is 32.1. The first-order valence-electron chi connectivity index (χ1n) is 6.54. The summed E-state index contributed by atoms with van der Waals surface area (Å²) in [6.45, 7) is 0.695. The molecule has 0 unspecified atom stereocenters. The fraction of sp³-hybridized carbons (Fsp3) is 0.462. The molecule has 2 heterocycles. The maximum Gasteiger partial charge on any atom is 0.222 e. The predicted octanol–water partition coefficient (Wildman–Crippen LogP) is 1.39. The third-order valence-electron chi connectivity index (χ3n) is 3.53. The van der Waals surface area contributed by atoms with Crippen molar-refractivity contribution in [2.75, 3.05) is 17.7 Å². The molecular weight excluding hydrogens is 274 g/mol. The number of anilines is 2. The van der Waals surface area contributed by atoms with Crippen molar-refractivity contribution >= 4 is 23.1 Å². The van der Waals surface area contributed by atoms with Gasteiger partial charge in [-0.1, -0.05) is 0 Å². The smallest absolute Gasteiger partial charge is 0.222 e. The van der Waals surface area contributed by atoms with E-state index >= 15 is 0 Å². The quantitative estimate of drug-likeness (QED) is 0.885. The summed E-state index contributed by atoms with van der Waals surface area (Å²) in [7, 11) is 1.96. The summed E-state index contributed by atoms with van der Waals surface area (Å²) in [6.07, 6.45) is 3.11. The van der Waals surface area contributed by atoms with Gasteiger partial charge in [0.25, 0.3) is 0 Å². The average Bonchev–Trinajstić information content (AvgIpc) is 2.87. The van der Waals surface area contributed by atoms with Crippen molar-refractivity contribution in [2.24, 2.45) is 0 Å². The molecule has 2 aromatic rings. The van der Waals surface area contributed by atoms with E-state index in [-0.39, 0.29) is 12.1 Å². The summed E-state index contributed by atoms with van der Waals surface area (Å²) in [5.41, 5.74) is 6.72. The van der Waals surface area contributed by atoms with Crippen LogP contribution in [0.25, 0.3) is 0 Å². The number of rotatable bonds is 4. The van der Waals surface area contributed by atoms with Crippen LogP contribution < -0.4 is 10.6 Å². The van der Waals surface area contributed by atoms with Crippen LogP contribution in [0.5, 0.6) is 0 Å². The molecule has 0 bridgehead atoms. The standard InChI is InChI=1S/C13H17N5OS/c1-18(7-12-15-2-3-20-12)11-6-10(16-13(14)17-11)8-4-9(19)5-8/h2-3,6,8-9,19H,4-5,7H2,1H3,(H2,14,16,17). The van der Waals surface area contributed by atoms with E-state index in [0.29, 0.717) is 12.5 Å². The molecule has 6 nitrogen and oxygen atoms in total. The number of hydrogen-bond donors (Lipinski definition) is 2. The topological polar surface area (TPSA) is 88.2 Å². The monoisotopic (exact) mass is 291 g/mol. The van der Waals surface area contributed by atoms with Crippen molar-refractivity contribution in [1.29, 1.82) is 0 Å². The molecule has 0 atom stereocenters. The molecule has 0 aromatic carbocycles. The number of aromatic nitrogens is 3. The van der Waals surface area contributed by atoms with E-state index in [1.807, 2.05) is 23.4 Å². The van der Waals surface area contributed by atoms with Crippen LogP contribution in [-0.2, 0) is 6.54 Å². The van der Waals surface area contributed by atoms with E-state index < -0.39 is 0 Å². The number of nitrogens with two attached hydrogens (primary N) is 1. The molecule has 0 spiro atoms. The number of nitrogen functional groups attached to an aromatic ring is 1. The molecule has 0 amide bonds. The zero-order valence-corrected chi connectivity index (χ0v) is 12.0. The number of aliphatic hydroxyl groups is 1. The van der Waals surface area contributed by atoms with E-state index in [2.05, 4.69) is 15.0 Å². The SMILES string of the molecule is CN(Cc1nccs1)c1cc(C2CC(O)C2)nc(N)n1. The van der Waals surface area contributed by atoms with Gasteiger partial charge in [-0.05, 0) is 12.8 Å². The van der Waals surface area contributed by atoms with Crippen molar-refractivity contribution in [3.8, 4) is 0 Å². The lowest BCUT2D eigenvalue weighted by molar-refractivity contribution is 0.0732. The molecule has 2 aromatic heterocycles. The van der Waals surface area contributed by atoms with Crippen LogP contribution in [0.1, 0.15) is 29.5 Å². The molecule has 1 aliphatic carbocycles. The van der Waals surface area contributed by atoms with Crippen molar-refractivity contribution in [3.05, 3.63) is 28.3 Å². The van der Waals surface area contributed by atoms with Crippen LogP contribution in [0.4, 0.5) is 11.8 Å². The van der Waals surface area contributed by atoms with Crippen LogP contribution in [0, 0.1) is 0 Å². The Bertz CT molecular complexity index is 582. The third kappa shape index (κ3) is 2.73. The lowest BCUT2D eigenvalue weighted by Crippen LogP contribution is -2.28. The largest absolute Gasteiger partial charge is 0.393 e. The van der Waals surface area contributed by atoms with E-state index in [9.17, 15) is 5.11 Å². The van der Waals surface area contributed by atoms with Crippen molar-refractivity contribution < 1.29 is 5.11 Å². The van der Waals surface area contributed by atoms with E-state index in [4.69, 9.17) is 5.73 Å². The summed E-state index contributed by atoms with van der Waals surface area (Å²) in [5.74, 6) is 1.37. The van der Waals surface area contributed by atoms with Gasteiger partial charge in [0.2, 0.25) is 5.95 Å². The zero-order chi connectivity index (χ0) is 14.1. The Labute approximate surface area is 121 Å². The predicted molar refractivity (Wildman–Crippen MR) is 78.6 cm³/mol. The van der Waals surface area contributed by atoms with Gasteiger partial charge in [0, 0.05) is 30.6 Å². The fourth-order valence-corrected chi connectivity index (χ4v) is 2.99. The van der Waals surface area contributed by atoms with Gasteiger partial charge in [-0.25, -0.2) is 9.97 Å².